The molecule has 10 nitrogen and oxygen atoms in total. The quantitative estimate of drug-likeness (QED) is 0.499. The molecule has 0 spiro atoms. The first-order valence-electron chi connectivity index (χ1n) is 10.9. The van der Waals surface area contributed by atoms with E-state index < -0.39 is 11.9 Å². The Balaban J connectivity index is 1.41. The van der Waals surface area contributed by atoms with E-state index in [1.165, 1.54) is 0 Å². The summed E-state index contributed by atoms with van der Waals surface area (Å²) in [5.74, 6) is -0.475. The zero-order valence-corrected chi connectivity index (χ0v) is 18.6. The van der Waals surface area contributed by atoms with Crippen LogP contribution >= 0.6 is 0 Å². The van der Waals surface area contributed by atoms with Crippen molar-refractivity contribution in [2.24, 2.45) is 5.73 Å². The lowest BCUT2D eigenvalue weighted by Gasteiger charge is -2.26. The summed E-state index contributed by atoms with van der Waals surface area (Å²) in [5, 5.41) is 12.2. The zero-order chi connectivity index (χ0) is 23.4. The van der Waals surface area contributed by atoms with Gasteiger partial charge in [-0.1, -0.05) is 24.8 Å². The molecular weight excluding hydrogens is 422 g/mol. The molecule has 5 N–H and O–H groups in total. The van der Waals surface area contributed by atoms with Gasteiger partial charge in [-0.3, -0.25) is 14.4 Å². The van der Waals surface area contributed by atoms with E-state index in [0.717, 1.165) is 56.1 Å². The van der Waals surface area contributed by atoms with Crippen molar-refractivity contribution >= 4 is 11.9 Å². The Morgan fingerprint density at radius 2 is 2.06 bits per heavy atom. The molecule has 1 aromatic carbocycles. The van der Waals surface area contributed by atoms with Gasteiger partial charge in [0.1, 0.15) is 5.70 Å². The van der Waals surface area contributed by atoms with E-state index in [-0.39, 0.29) is 23.1 Å². The molecule has 1 fully saturated rings. The molecule has 0 bridgehead atoms. The van der Waals surface area contributed by atoms with Crippen LogP contribution in [0.3, 0.4) is 0 Å². The molecule has 3 amide bonds. The van der Waals surface area contributed by atoms with Crippen LogP contribution in [0.15, 0.2) is 60.3 Å². The van der Waals surface area contributed by atoms with Crippen molar-refractivity contribution in [1.82, 2.24) is 30.6 Å². The second kappa shape index (κ2) is 9.88. The number of morpholine rings is 1. The van der Waals surface area contributed by atoms with Crippen molar-refractivity contribution in [3.05, 3.63) is 65.9 Å². The molecule has 10 heteroatoms. The third-order valence-corrected chi connectivity index (χ3v) is 5.77. The van der Waals surface area contributed by atoms with Crippen molar-refractivity contribution < 1.29 is 14.3 Å². The lowest BCUT2D eigenvalue weighted by molar-refractivity contribution is -0.118. The van der Waals surface area contributed by atoms with Gasteiger partial charge < -0.3 is 26.4 Å². The van der Waals surface area contributed by atoms with Gasteiger partial charge in [0.05, 0.1) is 43.4 Å². The Labute approximate surface area is 192 Å². The first-order valence-corrected chi connectivity index (χ1v) is 10.9. The van der Waals surface area contributed by atoms with E-state index in [1.54, 1.807) is 0 Å². The number of hydrogen-bond acceptors (Lipinski definition) is 6. The summed E-state index contributed by atoms with van der Waals surface area (Å²) in [7, 11) is 0. The molecule has 174 valence electrons. The number of hydrogen-bond donors (Lipinski definition) is 4. The van der Waals surface area contributed by atoms with Crippen LogP contribution in [0.4, 0.5) is 4.79 Å². The number of carbonyl (C=O) groups is 2. The van der Waals surface area contributed by atoms with Crippen LogP contribution in [-0.2, 0) is 16.1 Å². The Morgan fingerprint density at radius 1 is 1.27 bits per heavy atom. The number of carbonyl (C=O) groups excluding carboxylic acids is 2. The van der Waals surface area contributed by atoms with Gasteiger partial charge in [-0.25, -0.2) is 4.79 Å². The fourth-order valence-corrected chi connectivity index (χ4v) is 3.79. The molecule has 1 atom stereocenters. The molecule has 1 saturated heterocycles. The van der Waals surface area contributed by atoms with Gasteiger partial charge >= 0.3 is 6.03 Å². The minimum absolute atomic E-state index is 0.00620. The Morgan fingerprint density at radius 3 is 2.85 bits per heavy atom. The van der Waals surface area contributed by atoms with Gasteiger partial charge in [0.25, 0.3) is 5.91 Å². The number of rotatable bonds is 7. The van der Waals surface area contributed by atoms with Crippen LogP contribution in [0, 0.1) is 0 Å². The fraction of sp³-hybridized carbons (Fsp3) is 0.348. The predicted molar refractivity (Wildman–Crippen MR) is 124 cm³/mol. The van der Waals surface area contributed by atoms with Crippen molar-refractivity contribution in [2.45, 2.75) is 19.5 Å². The highest BCUT2D eigenvalue weighted by Gasteiger charge is 2.25. The lowest BCUT2D eigenvalue weighted by Crippen LogP contribution is -2.47. The van der Waals surface area contributed by atoms with Gasteiger partial charge in [0.15, 0.2) is 0 Å². The van der Waals surface area contributed by atoms with E-state index in [0.29, 0.717) is 0 Å². The maximum atomic E-state index is 12.7. The monoisotopic (exact) mass is 451 g/mol. The number of nitrogens with one attached hydrogen (secondary N) is 3. The third-order valence-electron chi connectivity index (χ3n) is 5.77. The van der Waals surface area contributed by atoms with Gasteiger partial charge in [0, 0.05) is 31.4 Å². The molecule has 3 heterocycles. The normalized spacial score (nSPS) is 18.0. The van der Waals surface area contributed by atoms with Crippen LogP contribution in [0.2, 0.25) is 0 Å². The highest BCUT2D eigenvalue weighted by Crippen LogP contribution is 2.23. The number of benzene rings is 1. The number of aromatic nitrogens is 2. The summed E-state index contributed by atoms with van der Waals surface area (Å²) >= 11 is 0. The van der Waals surface area contributed by atoms with E-state index >= 15 is 0 Å². The van der Waals surface area contributed by atoms with Gasteiger partial charge in [-0.2, -0.15) is 5.10 Å². The molecule has 0 radical (unpaired) electrons. The van der Waals surface area contributed by atoms with Crippen LogP contribution in [-0.4, -0.2) is 59.5 Å². The smallest absolute Gasteiger partial charge is 0.323 e. The molecular formula is C23H29N7O3. The number of nitrogens with zero attached hydrogens (tertiary/aromatic N) is 3. The summed E-state index contributed by atoms with van der Waals surface area (Å²) in [4.78, 5) is 26.7. The van der Waals surface area contributed by atoms with Crippen molar-refractivity contribution in [3.8, 4) is 11.1 Å². The maximum Gasteiger partial charge on any atom is 0.323 e. The summed E-state index contributed by atoms with van der Waals surface area (Å²) in [5.41, 5.74) is 9.13. The number of urea groups is 1. The zero-order valence-electron chi connectivity index (χ0n) is 18.6. The molecule has 2 aromatic rings. The predicted octanol–water partition coefficient (Wildman–Crippen LogP) is 1.06. The standard InChI is InChI=1S/C23H29N7O3/c1-15(26-22(31)21-20(24)16(2)27-23(32)28-21)17-4-3-5-18(12-17)19-13-25-30(14-19)7-6-29-8-10-33-11-9-29/h3-5,12-15H,2,6-11,24H2,1H3,(H,26,31)(H2,27,28,32)/t15-/m1/s1. The molecule has 0 aliphatic carbocycles. The van der Waals surface area contributed by atoms with E-state index in [2.05, 4.69) is 32.5 Å². The third kappa shape index (κ3) is 5.41. The first-order chi connectivity index (χ1) is 15.9. The SMILES string of the molecule is C=C1NC(=O)NC(C(=O)N[C@H](C)c2cccc(-c3cnn(CCN4CCOCC4)c3)c2)=C1N. The lowest BCUT2D eigenvalue weighted by atomic mass is 10.0. The van der Waals surface area contributed by atoms with Crippen LogP contribution < -0.4 is 21.7 Å². The number of ether oxygens (including phenoxy) is 1. The molecule has 2 aliphatic heterocycles. The van der Waals surface area contributed by atoms with Crippen molar-refractivity contribution in [2.75, 3.05) is 32.8 Å². The van der Waals surface area contributed by atoms with E-state index in [9.17, 15) is 9.59 Å². The molecule has 0 unspecified atom stereocenters. The van der Waals surface area contributed by atoms with Crippen LogP contribution in [0.25, 0.3) is 11.1 Å². The Bertz CT molecular complexity index is 1090. The van der Waals surface area contributed by atoms with E-state index in [4.69, 9.17) is 10.5 Å². The Kier molecular flexibility index (Phi) is 6.76. The maximum absolute atomic E-state index is 12.7. The highest BCUT2D eigenvalue weighted by molar-refractivity contribution is 6.00. The minimum atomic E-state index is -0.542. The van der Waals surface area contributed by atoms with Crippen molar-refractivity contribution in [3.63, 3.8) is 0 Å². The van der Waals surface area contributed by atoms with E-state index in [1.807, 2.05) is 48.3 Å². The van der Waals surface area contributed by atoms with Crippen LogP contribution in [0.1, 0.15) is 18.5 Å². The van der Waals surface area contributed by atoms with Gasteiger partial charge in [0.2, 0.25) is 0 Å². The molecule has 4 rings (SSSR count). The summed E-state index contributed by atoms with van der Waals surface area (Å²) in [6.45, 7) is 10.8. The summed E-state index contributed by atoms with van der Waals surface area (Å²) in [6, 6.07) is 7.06. The second-order valence-corrected chi connectivity index (χ2v) is 8.11. The molecule has 2 aliphatic rings. The molecule has 33 heavy (non-hydrogen) atoms. The van der Waals surface area contributed by atoms with Gasteiger partial charge in [-0.15, -0.1) is 0 Å². The average molecular weight is 452 g/mol. The second-order valence-electron chi connectivity index (χ2n) is 8.11. The van der Waals surface area contributed by atoms with Gasteiger partial charge in [-0.05, 0) is 24.1 Å². The fourth-order valence-electron chi connectivity index (χ4n) is 3.79. The number of nitrogens with two attached hydrogens (primary N) is 1. The Hall–Kier alpha value is -3.63. The summed E-state index contributed by atoms with van der Waals surface area (Å²) < 4.78 is 7.34. The van der Waals surface area contributed by atoms with Crippen molar-refractivity contribution in [1.29, 1.82) is 0 Å². The van der Waals surface area contributed by atoms with Crippen LogP contribution in [0.5, 0.6) is 0 Å². The molecule has 0 saturated carbocycles. The first kappa shape index (κ1) is 22.6. The topological polar surface area (TPSA) is 127 Å². The minimum Gasteiger partial charge on any atom is -0.395 e. The molecule has 1 aromatic heterocycles. The number of amides is 3. The highest BCUT2D eigenvalue weighted by atomic mass is 16.5. The largest absolute Gasteiger partial charge is 0.395 e. The summed E-state index contributed by atoms with van der Waals surface area (Å²) in [6.07, 6.45) is 3.88. The average Bonchev–Trinajstić information content (AvgIpc) is 3.30.